The molecule has 1 saturated heterocycles. The first-order valence-electron chi connectivity index (χ1n) is 7.32. The molecule has 3 heteroatoms. The lowest BCUT2D eigenvalue weighted by molar-refractivity contribution is 0.287. The maximum absolute atomic E-state index is 5.66. The van der Waals surface area contributed by atoms with E-state index < -0.39 is 0 Å². The Morgan fingerprint density at radius 3 is 2.65 bits per heavy atom. The largest absolute Gasteiger partial charge is 0.357 e. The van der Waals surface area contributed by atoms with Crippen molar-refractivity contribution in [2.45, 2.75) is 31.4 Å². The maximum atomic E-state index is 5.66. The molecule has 0 aromatic heterocycles. The van der Waals surface area contributed by atoms with Crippen molar-refractivity contribution in [1.82, 2.24) is 4.90 Å². The standard InChI is InChI=1S/C17H23NS2/c1-3-7-16(15-8-5-4-6-9-15)20-17(19)18-12-10-14(2)11-13-18/h3-6,8-9,14,16H,1,7,10-13H2,2H3. The molecule has 1 aromatic carbocycles. The molecule has 1 atom stereocenters. The first-order valence-corrected chi connectivity index (χ1v) is 8.61. The SMILES string of the molecule is C=CCC(SC(=S)N1CCC(C)CC1)c1ccccc1. The normalized spacial score (nSPS) is 17.8. The van der Waals surface area contributed by atoms with Crippen LogP contribution in [0.3, 0.4) is 0 Å². The zero-order valence-electron chi connectivity index (χ0n) is 12.1. The summed E-state index contributed by atoms with van der Waals surface area (Å²) in [5, 5.41) is 0.389. The van der Waals surface area contributed by atoms with Gasteiger partial charge in [0.2, 0.25) is 0 Å². The molecule has 1 aliphatic rings. The number of hydrogen-bond donors (Lipinski definition) is 0. The smallest absolute Gasteiger partial charge is 0.136 e. The molecule has 1 fully saturated rings. The summed E-state index contributed by atoms with van der Waals surface area (Å²) in [4.78, 5) is 2.37. The van der Waals surface area contributed by atoms with Gasteiger partial charge in [-0.25, -0.2) is 0 Å². The number of benzene rings is 1. The summed E-state index contributed by atoms with van der Waals surface area (Å²) in [5.74, 6) is 0.845. The van der Waals surface area contributed by atoms with Gasteiger partial charge < -0.3 is 4.90 Å². The van der Waals surface area contributed by atoms with E-state index in [2.05, 4.69) is 48.7 Å². The highest BCUT2D eigenvalue weighted by molar-refractivity contribution is 8.23. The van der Waals surface area contributed by atoms with E-state index in [0.29, 0.717) is 5.25 Å². The molecular weight excluding hydrogens is 282 g/mol. The Morgan fingerprint density at radius 2 is 2.05 bits per heavy atom. The molecule has 1 heterocycles. The molecule has 0 bridgehead atoms. The van der Waals surface area contributed by atoms with E-state index in [1.165, 1.54) is 18.4 Å². The van der Waals surface area contributed by atoms with Crippen molar-refractivity contribution in [2.24, 2.45) is 5.92 Å². The van der Waals surface area contributed by atoms with Gasteiger partial charge in [0.25, 0.3) is 0 Å². The van der Waals surface area contributed by atoms with Crippen molar-refractivity contribution in [2.75, 3.05) is 13.1 Å². The number of nitrogens with zero attached hydrogens (tertiary/aromatic N) is 1. The number of thioether (sulfide) groups is 1. The van der Waals surface area contributed by atoms with E-state index >= 15 is 0 Å². The van der Waals surface area contributed by atoms with E-state index in [-0.39, 0.29) is 0 Å². The fourth-order valence-electron chi connectivity index (χ4n) is 2.46. The van der Waals surface area contributed by atoms with Gasteiger partial charge in [0, 0.05) is 18.3 Å². The third kappa shape index (κ3) is 4.35. The Morgan fingerprint density at radius 1 is 1.40 bits per heavy atom. The second-order valence-electron chi connectivity index (χ2n) is 5.48. The van der Waals surface area contributed by atoms with Gasteiger partial charge in [-0.3, -0.25) is 0 Å². The average Bonchev–Trinajstić information content (AvgIpc) is 2.48. The Hall–Kier alpha value is -0.800. The Kier molecular flexibility index (Phi) is 6.11. The summed E-state index contributed by atoms with van der Waals surface area (Å²) in [7, 11) is 0. The van der Waals surface area contributed by atoms with Gasteiger partial charge in [-0.15, -0.1) is 6.58 Å². The third-order valence-electron chi connectivity index (χ3n) is 3.84. The summed E-state index contributed by atoms with van der Waals surface area (Å²) in [5.41, 5.74) is 1.34. The zero-order valence-corrected chi connectivity index (χ0v) is 13.8. The number of thiocarbonyl (C=S) groups is 1. The monoisotopic (exact) mass is 305 g/mol. The lowest BCUT2D eigenvalue weighted by Gasteiger charge is -2.33. The number of piperidine rings is 1. The van der Waals surface area contributed by atoms with Crippen molar-refractivity contribution in [1.29, 1.82) is 0 Å². The summed E-state index contributed by atoms with van der Waals surface area (Å²) in [6, 6.07) is 10.6. The molecule has 0 saturated carbocycles. The predicted octanol–water partition coefficient (Wildman–Crippen LogP) is 5.05. The molecule has 0 radical (unpaired) electrons. The highest BCUT2D eigenvalue weighted by Gasteiger charge is 2.21. The molecule has 1 aliphatic heterocycles. The van der Waals surface area contributed by atoms with Crippen LogP contribution in [-0.2, 0) is 0 Å². The molecule has 0 aliphatic carbocycles. The fourth-order valence-corrected chi connectivity index (χ4v) is 4.09. The van der Waals surface area contributed by atoms with Crippen LogP contribution in [0.15, 0.2) is 43.0 Å². The molecule has 2 rings (SSSR count). The molecule has 1 aromatic rings. The molecule has 1 nitrogen and oxygen atoms in total. The van der Waals surface area contributed by atoms with E-state index in [4.69, 9.17) is 12.2 Å². The maximum Gasteiger partial charge on any atom is 0.136 e. The molecular formula is C17H23NS2. The van der Waals surface area contributed by atoms with Gasteiger partial charge >= 0.3 is 0 Å². The van der Waals surface area contributed by atoms with E-state index in [1.54, 1.807) is 0 Å². The van der Waals surface area contributed by atoms with E-state index in [1.807, 2.05) is 17.8 Å². The van der Waals surface area contributed by atoms with Gasteiger partial charge in [-0.2, -0.15) is 0 Å². The number of hydrogen-bond acceptors (Lipinski definition) is 2. The minimum absolute atomic E-state index is 0.389. The molecule has 20 heavy (non-hydrogen) atoms. The van der Waals surface area contributed by atoms with Crippen LogP contribution >= 0.6 is 24.0 Å². The van der Waals surface area contributed by atoms with Crippen molar-refractivity contribution in [3.05, 3.63) is 48.6 Å². The lowest BCUT2D eigenvalue weighted by atomic mass is 10.00. The molecule has 1 unspecified atom stereocenters. The highest BCUT2D eigenvalue weighted by atomic mass is 32.2. The predicted molar refractivity (Wildman–Crippen MR) is 94.2 cm³/mol. The van der Waals surface area contributed by atoms with Crippen LogP contribution in [-0.4, -0.2) is 22.3 Å². The minimum Gasteiger partial charge on any atom is -0.357 e. The highest BCUT2D eigenvalue weighted by Crippen LogP contribution is 2.35. The Labute approximate surface area is 132 Å². The van der Waals surface area contributed by atoms with Crippen LogP contribution in [0, 0.1) is 5.92 Å². The number of likely N-dealkylation sites (tertiary alicyclic amines) is 1. The number of rotatable bonds is 4. The van der Waals surface area contributed by atoms with Crippen LogP contribution in [0.5, 0.6) is 0 Å². The Balaban J connectivity index is 1.97. The van der Waals surface area contributed by atoms with Crippen molar-refractivity contribution in [3.8, 4) is 0 Å². The van der Waals surface area contributed by atoms with Gasteiger partial charge in [0.15, 0.2) is 0 Å². The van der Waals surface area contributed by atoms with Crippen LogP contribution in [0.1, 0.15) is 37.0 Å². The molecule has 0 N–H and O–H groups in total. The quantitative estimate of drug-likeness (QED) is 0.566. The van der Waals surface area contributed by atoms with E-state index in [9.17, 15) is 0 Å². The second-order valence-corrected chi connectivity index (χ2v) is 7.31. The zero-order chi connectivity index (χ0) is 14.4. The first kappa shape index (κ1) is 15.6. The molecule has 0 amide bonds. The molecule has 108 valence electrons. The van der Waals surface area contributed by atoms with Gasteiger partial charge in [-0.1, -0.05) is 67.3 Å². The van der Waals surface area contributed by atoms with Crippen LogP contribution in [0.2, 0.25) is 0 Å². The van der Waals surface area contributed by atoms with Gasteiger partial charge in [0.1, 0.15) is 4.32 Å². The molecule has 0 spiro atoms. The topological polar surface area (TPSA) is 3.24 Å². The van der Waals surface area contributed by atoms with Crippen molar-refractivity contribution in [3.63, 3.8) is 0 Å². The summed E-state index contributed by atoms with van der Waals surface area (Å²) < 4.78 is 1.05. The van der Waals surface area contributed by atoms with Gasteiger partial charge in [-0.05, 0) is 30.7 Å². The van der Waals surface area contributed by atoms with Crippen LogP contribution in [0.4, 0.5) is 0 Å². The van der Waals surface area contributed by atoms with Crippen molar-refractivity contribution >= 4 is 28.3 Å². The lowest BCUT2D eigenvalue weighted by Crippen LogP contribution is -2.35. The Bertz CT molecular complexity index is 436. The minimum atomic E-state index is 0.389. The van der Waals surface area contributed by atoms with Crippen LogP contribution < -0.4 is 0 Å². The van der Waals surface area contributed by atoms with E-state index in [0.717, 1.165) is 29.7 Å². The summed E-state index contributed by atoms with van der Waals surface area (Å²) >= 11 is 7.47. The van der Waals surface area contributed by atoms with Gasteiger partial charge in [0.05, 0.1) is 0 Å². The second kappa shape index (κ2) is 7.84. The third-order valence-corrected chi connectivity index (χ3v) is 5.59. The summed E-state index contributed by atoms with van der Waals surface area (Å²) in [6.07, 6.45) is 5.47. The fraction of sp³-hybridized carbons (Fsp3) is 0.471. The summed E-state index contributed by atoms with van der Waals surface area (Å²) in [6.45, 7) is 8.44. The van der Waals surface area contributed by atoms with Crippen molar-refractivity contribution < 1.29 is 0 Å². The van der Waals surface area contributed by atoms with Crippen LogP contribution in [0.25, 0.3) is 0 Å². The number of allylic oxidation sites excluding steroid dienone is 1. The average molecular weight is 306 g/mol. The first-order chi connectivity index (χ1) is 9.70.